The smallest absolute Gasteiger partial charge is 0.126 e. The van der Waals surface area contributed by atoms with Crippen molar-refractivity contribution in [2.45, 2.75) is 45.6 Å². The SMILES string of the molecule is COc1ccc(C(C)C)cc1-c1cccc2c1NC(C)(C)C=C2CSCCc1ccccc1. The molecule has 4 rings (SSSR count). The highest BCUT2D eigenvalue weighted by Crippen LogP contribution is 2.44. The Hall–Kier alpha value is -2.65. The van der Waals surface area contributed by atoms with Gasteiger partial charge in [0.1, 0.15) is 5.75 Å². The third-order valence-corrected chi connectivity index (χ3v) is 7.22. The Morgan fingerprint density at radius 3 is 2.39 bits per heavy atom. The van der Waals surface area contributed by atoms with Crippen LogP contribution < -0.4 is 10.1 Å². The van der Waals surface area contributed by atoms with E-state index in [1.807, 2.05) is 11.8 Å². The van der Waals surface area contributed by atoms with Crippen LogP contribution in [0.25, 0.3) is 16.7 Å². The summed E-state index contributed by atoms with van der Waals surface area (Å²) in [7, 11) is 1.76. The zero-order valence-electron chi connectivity index (χ0n) is 20.4. The van der Waals surface area contributed by atoms with Gasteiger partial charge in [0, 0.05) is 22.4 Å². The highest BCUT2D eigenvalue weighted by atomic mass is 32.2. The minimum absolute atomic E-state index is 0.110. The monoisotopic (exact) mass is 457 g/mol. The molecule has 0 atom stereocenters. The van der Waals surface area contributed by atoms with E-state index >= 15 is 0 Å². The Bertz CT molecular complexity index is 1130. The lowest BCUT2D eigenvalue weighted by atomic mass is 9.87. The lowest BCUT2D eigenvalue weighted by Gasteiger charge is -2.34. The molecule has 2 nitrogen and oxygen atoms in total. The molecule has 3 heteroatoms. The van der Waals surface area contributed by atoms with E-state index in [1.54, 1.807) is 7.11 Å². The number of thioether (sulfide) groups is 1. The number of hydrogen-bond acceptors (Lipinski definition) is 3. The summed E-state index contributed by atoms with van der Waals surface area (Å²) in [5.41, 5.74) is 8.91. The van der Waals surface area contributed by atoms with E-state index < -0.39 is 0 Å². The van der Waals surface area contributed by atoms with Crippen LogP contribution in [0.1, 0.15) is 50.3 Å². The summed E-state index contributed by atoms with van der Waals surface area (Å²) >= 11 is 2.01. The number of nitrogens with one attached hydrogen (secondary N) is 1. The van der Waals surface area contributed by atoms with Crippen molar-refractivity contribution in [1.82, 2.24) is 0 Å². The number of methoxy groups -OCH3 is 1. The molecular formula is C30H35NOS. The van der Waals surface area contributed by atoms with Gasteiger partial charge in [0.25, 0.3) is 0 Å². The summed E-state index contributed by atoms with van der Waals surface area (Å²) in [5.74, 6) is 3.52. The van der Waals surface area contributed by atoms with Crippen LogP contribution in [0.2, 0.25) is 0 Å². The van der Waals surface area contributed by atoms with Crippen LogP contribution in [-0.2, 0) is 6.42 Å². The molecule has 1 aliphatic heterocycles. The first-order chi connectivity index (χ1) is 15.9. The van der Waals surface area contributed by atoms with Crippen molar-refractivity contribution in [2.24, 2.45) is 0 Å². The van der Waals surface area contributed by atoms with E-state index in [-0.39, 0.29) is 5.54 Å². The standard InChI is InChI=1S/C30H35NOS/c1-21(2)23-14-15-28(32-5)27(18-23)26-13-9-12-25-24(19-30(3,4)31-29(25)26)20-33-17-16-22-10-7-6-8-11-22/h6-15,18-19,21,31H,16-17,20H2,1-5H3. The van der Waals surface area contributed by atoms with Gasteiger partial charge in [-0.2, -0.15) is 11.8 Å². The van der Waals surface area contributed by atoms with Crippen molar-refractivity contribution in [3.05, 3.63) is 89.5 Å². The van der Waals surface area contributed by atoms with Gasteiger partial charge in [-0.3, -0.25) is 0 Å². The first-order valence-corrected chi connectivity index (χ1v) is 13.0. The third-order valence-electron chi connectivity index (χ3n) is 6.21. The summed E-state index contributed by atoms with van der Waals surface area (Å²) in [6.07, 6.45) is 3.50. The average molecular weight is 458 g/mol. The predicted molar refractivity (Wildman–Crippen MR) is 146 cm³/mol. The summed E-state index contributed by atoms with van der Waals surface area (Å²) in [4.78, 5) is 0. The summed E-state index contributed by atoms with van der Waals surface area (Å²) in [5, 5.41) is 3.81. The first-order valence-electron chi connectivity index (χ1n) is 11.8. The first kappa shape index (κ1) is 23.5. The topological polar surface area (TPSA) is 21.3 Å². The second-order valence-electron chi connectivity index (χ2n) is 9.65. The lowest BCUT2D eigenvalue weighted by molar-refractivity contribution is 0.416. The van der Waals surface area contributed by atoms with Crippen LogP contribution >= 0.6 is 11.8 Å². The minimum atomic E-state index is -0.110. The fraction of sp³-hybridized carbons (Fsp3) is 0.333. The molecule has 0 aromatic heterocycles. The molecule has 3 aromatic rings. The van der Waals surface area contributed by atoms with Crippen LogP contribution in [0.4, 0.5) is 5.69 Å². The Morgan fingerprint density at radius 2 is 1.67 bits per heavy atom. The maximum atomic E-state index is 5.78. The molecule has 0 amide bonds. The highest BCUT2D eigenvalue weighted by Gasteiger charge is 2.27. The number of rotatable bonds is 8. The van der Waals surface area contributed by atoms with E-state index in [0.29, 0.717) is 5.92 Å². The maximum Gasteiger partial charge on any atom is 0.126 e. The molecule has 172 valence electrons. The second-order valence-corrected chi connectivity index (χ2v) is 10.8. The van der Waals surface area contributed by atoms with Crippen molar-refractivity contribution in [1.29, 1.82) is 0 Å². The van der Waals surface area contributed by atoms with Crippen molar-refractivity contribution in [3.63, 3.8) is 0 Å². The maximum absolute atomic E-state index is 5.78. The van der Waals surface area contributed by atoms with Crippen molar-refractivity contribution in [2.75, 3.05) is 23.9 Å². The molecule has 1 N–H and O–H groups in total. The molecule has 0 saturated heterocycles. The van der Waals surface area contributed by atoms with Gasteiger partial charge in [-0.15, -0.1) is 0 Å². The van der Waals surface area contributed by atoms with Crippen LogP contribution in [0.3, 0.4) is 0 Å². The van der Waals surface area contributed by atoms with Gasteiger partial charge >= 0.3 is 0 Å². The average Bonchev–Trinajstić information content (AvgIpc) is 2.81. The number of aryl methyl sites for hydroxylation is 1. The van der Waals surface area contributed by atoms with E-state index in [2.05, 4.69) is 106 Å². The quantitative estimate of drug-likeness (QED) is 0.346. The highest BCUT2D eigenvalue weighted by molar-refractivity contribution is 7.99. The number of ether oxygens (including phenoxy) is 1. The molecule has 33 heavy (non-hydrogen) atoms. The number of para-hydroxylation sites is 1. The normalized spacial score (nSPS) is 14.4. The zero-order chi connectivity index (χ0) is 23.4. The van der Waals surface area contributed by atoms with Gasteiger partial charge in [-0.05, 0) is 60.8 Å². The molecule has 1 heterocycles. The minimum Gasteiger partial charge on any atom is -0.496 e. The molecule has 0 fully saturated rings. The summed E-state index contributed by atoms with van der Waals surface area (Å²) in [6.45, 7) is 8.98. The number of benzene rings is 3. The lowest BCUT2D eigenvalue weighted by Crippen LogP contribution is -2.32. The van der Waals surface area contributed by atoms with Gasteiger partial charge in [-0.1, -0.05) is 74.5 Å². The zero-order valence-corrected chi connectivity index (χ0v) is 21.3. The number of hydrogen-bond donors (Lipinski definition) is 1. The fourth-order valence-electron chi connectivity index (χ4n) is 4.48. The predicted octanol–water partition coefficient (Wildman–Crippen LogP) is 8.05. The van der Waals surface area contributed by atoms with Crippen LogP contribution in [0, 0.1) is 0 Å². The molecule has 3 aromatic carbocycles. The molecular weight excluding hydrogens is 422 g/mol. The fourth-order valence-corrected chi connectivity index (χ4v) is 5.47. The molecule has 0 saturated carbocycles. The van der Waals surface area contributed by atoms with E-state index in [1.165, 1.54) is 33.5 Å². The molecule has 0 aliphatic carbocycles. The molecule has 1 aliphatic rings. The molecule has 0 unspecified atom stereocenters. The Balaban J connectivity index is 1.64. The van der Waals surface area contributed by atoms with Crippen molar-refractivity contribution in [3.8, 4) is 16.9 Å². The summed E-state index contributed by atoms with van der Waals surface area (Å²) in [6, 6.07) is 24.0. The molecule has 0 spiro atoms. The van der Waals surface area contributed by atoms with Gasteiger partial charge in [0.15, 0.2) is 0 Å². The van der Waals surface area contributed by atoms with Gasteiger partial charge < -0.3 is 10.1 Å². The van der Waals surface area contributed by atoms with Gasteiger partial charge in [0.2, 0.25) is 0 Å². The third kappa shape index (κ3) is 5.47. The van der Waals surface area contributed by atoms with Crippen LogP contribution in [0.5, 0.6) is 5.75 Å². The number of anilines is 1. The van der Waals surface area contributed by atoms with Gasteiger partial charge in [-0.25, -0.2) is 0 Å². The van der Waals surface area contributed by atoms with Crippen molar-refractivity contribution >= 4 is 23.0 Å². The molecule has 0 bridgehead atoms. The van der Waals surface area contributed by atoms with Crippen molar-refractivity contribution < 1.29 is 4.74 Å². The van der Waals surface area contributed by atoms with Crippen LogP contribution in [0.15, 0.2) is 72.8 Å². The Morgan fingerprint density at radius 1 is 0.909 bits per heavy atom. The van der Waals surface area contributed by atoms with E-state index in [4.69, 9.17) is 4.74 Å². The van der Waals surface area contributed by atoms with Gasteiger partial charge in [0.05, 0.1) is 18.3 Å². The molecule has 0 radical (unpaired) electrons. The van der Waals surface area contributed by atoms with E-state index in [0.717, 1.165) is 29.2 Å². The number of fused-ring (bicyclic) bond motifs is 1. The Labute approximate surface area is 203 Å². The second kappa shape index (κ2) is 10.1. The largest absolute Gasteiger partial charge is 0.496 e. The Kier molecular flexibility index (Phi) is 7.19. The van der Waals surface area contributed by atoms with Crippen LogP contribution in [-0.4, -0.2) is 24.2 Å². The summed E-state index contributed by atoms with van der Waals surface area (Å²) < 4.78 is 5.78. The van der Waals surface area contributed by atoms with E-state index in [9.17, 15) is 0 Å².